The molecule has 0 saturated heterocycles. The Labute approximate surface area is 122 Å². The predicted octanol–water partition coefficient (Wildman–Crippen LogP) is 1.90. The molecule has 9 heteroatoms. The predicted molar refractivity (Wildman–Crippen MR) is 74.8 cm³/mol. The number of aromatic amines is 1. The van der Waals surface area contributed by atoms with Crippen LogP contribution in [0.4, 0.5) is 5.69 Å². The van der Waals surface area contributed by atoms with Crippen LogP contribution in [0.15, 0.2) is 40.8 Å². The molecule has 0 aliphatic rings. The molecule has 0 aliphatic carbocycles. The minimum Gasteiger partial charge on any atom is -0.391 e. The first kappa shape index (κ1) is 13.5. The molecule has 0 unspecified atom stereocenters. The molecule has 106 valence electrons. The summed E-state index contributed by atoms with van der Waals surface area (Å²) in [5.74, 6) is 0. The van der Waals surface area contributed by atoms with E-state index in [0.717, 1.165) is 4.90 Å². The van der Waals surface area contributed by atoms with Crippen molar-refractivity contribution < 1.29 is 10.0 Å². The second-order valence-electron chi connectivity index (χ2n) is 4.09. The van der Waals surface area contributed by atoms with Gasteiger partial charge >= 0.3 is 0 Å². The molecule has 0 aliphatic heterocycles. The van der Waals surface area contributed by atoms with E-state index in [-0.39, 0.29) is 11.3 Å². The topological polar surface area (TPSA) is 118 Å². The van der Waals surface area contributed by atoms with Gasteiger partial charge in [0.25, 0.3) is 5.69 Å². The zero-order valence-electron chi connectivity index (χ0n) is 10.6. The van der Waals surface area contributed by atoms with E-state index in [1.54, 1.807) is 12.1 Å². The molecular weight excluding hydrogens is 294 g/mol. The van der Waals surface area contributed by atoms with Crippen molar-refractivity contribution in [1.29, 1.82) is 0 Å². The van der Waals surface area contributed by atoms with Crippen molar-refractivity contribution in [2.45, 2.75) is 16.5 Å². The van der Waals surface area contributed by atoms with Crippen LogP contribution in [-0.4, -0.2) is 30.0 Å². The van der Waals surface area contributed by atoms with Crippen LogP contribution in [0.2, 0.25) is 0 Å². The highest BCUT2D eigenvalue weighted by Gasteiger charge is 2.15. The smallest absolute Gasteiger partial charge is 0.274 e. The lowest BCUT2D eigenvalue weighted by atomic mass is 10.2. The van der Waals surface area contributed by atoms with E-state index in [2.05, 4.69) is 19.9 Å². The maximum absolute atomic E-state index is 10.8. The van der Waals surface area contributed by atoms with Crippen molar-refractivity contribution in [3.63, 3.8) is 0 Å². The molecule has 2 heterocycles. The lowest BCUT2D eigenvalue weighted by Crippen LogP contribution is -1.95. The first-order valence-corrected chi connectivity index (χ1v) is 6.71. The third-order valence-corrected chi connectivity index (χ3v) is 3.81. The van der Waals surface area contributed by atoms with Crippen molar-refractivity contribution >= 4 is 28.6 Å². The summed E-state index contributed by atoms with van der Waals surface area (Å²) in [6.45, 7) is -0.395. The van der Waals surface area contributed by atoms with Crippen molar-refractivity contribution in [3.8, 4) is 0 Å². The molecule has 0 amide bonds. The van der Waals surface area contributed by atoms with E-state index in [1.807, 2.05) is 0 Å². The third-order valence-electron chi connectivity index (χ3n) is 2.82. The average molecular weight is 303 g/mol. The molecule has 3 rings (SSSR count). The summed E-state index contributed by atoms with van der Waals surface area (Å²) in [5.41, 5.74) is 1.42. The minimum atomic E-state index is -0.516. The molecule has 21 heavy (non-hydrogen) atoms. The molecule has 1 aromatic carbocycles. The number of hydrogen-bond acceptors (Lipinski definition) is 7. The molecule has 0 atom stereocenters. The number of nitrogens with zero attached hydrogens (tertiary/aromatic N) is 4. The molecule has 0 radical (unpaired) electrons. The van der Waals surface area contributed by atoms with Gasteiger partial charge < -0.3 is 10.1 Å². The number of nitrogens with one attached hydrogen (secondary N) is 1. The number of aliphatic hydroxyl groups excluding tert-OH is 1. The average Bonchev–Trinajstić information content (AvgIpc) is 2.96. The number of rotatable bonds is 4. The molecule has 8 nitrogen and oxygen atoms in total. The third kappa shape index (κ3) is 2.56. The van der Waals surface area contributed by atoms with Gasteiger partial charge in [0.2, 0.25) is 0 Å². The van der Waals surface area contributed by atoms with E-state index in [4.69, 9.17) is 0 Å². The molecule has 0 fully saturated rings. The fourth-order valence-electron chi connectivity index (χ4n) is 1.86. The van der Waals surface area contributed by atoms with Gasteiger partial charge in [-0.1, -0.05) is 11.8 Å². The summed E-state index contributed by atoms with van der Waals surface area (Å²) in [7, 11) is 0. The normalized spacial score (nSPS) is 10.9. The molecule has 0 spiro atoms. The zero-order valence-corrected chi connectivity index (χ0v) is 11.4. The Hall–Kier alpha value is -2.52. The number of nitro groups is 1. The van der Waals surface area contributed by atoms with E-state index in [9.17, 15) is 15.2 Å². The maximum Gasteiger partial charge on any atom is 0.274 e. The number of imidazole rings is 1. The monoisotopic (exact) mass is 303 g/mol. The van der Waals surface area contributed by atoms with Crippen LogP contribution in [0.1, 0.15) is 5.56 Å². The van der Waals surface area contributed by atoms with Gasteiger partial charge in [-0.3, -0.25) is 10.1 Å². The lowest BCUT2D eigenvalue weighted by Gasteiger charge is -2.04. The number of benzene rings is 1. The van der Waals surface area contributed by atoms with Crippen LogP contribution in [0, 0.1) is 10.1 Å². The number of aromatic nitrogens is 4. The summed E-state index contributed by atoms with van der Waals surface area (Å²) >= 11 is 1.32. The van der Waals surface area contributed by atoms with Crippen molar-refractivity contribution in [3.05, 3.63) is 46.5 Å². The minimum absolute atomic E-state index is 0.101. The van der Waals surface area contributed by atoms with Crippen molar-refractivity contribution in [1.82, 2.24) is 19.9 Å². The Morgan fingerprint density at radius 3 is 2.95 bits per heavy atom. The van der Waals surface area contributed by atoms with Crippen LogP contribution in [0.3, 0.4) is 0 Å². The van der Waals surface area contributed by atoms with Crippen molar-refractivity contribution in [2.75, 3.05) is 0 Å². The second-order valence-corrected chi connectivity index (χ2v) is 5.15. The van der Waals surface area contributed by atoms with Crippen LogP contribution < -0.4 is 0 Å². The first-order chi connectivity index (χ1) is 10.2. The van der Waals surface area contributed by atoms with Crippen LogP contribution in [-0.2, 0) is 6.61 Å². The highest BCUT2D eigenvalue weighted by molar-refractivity contribution is 7.99. The van der Waals surface area contributed by atoms with Gasteiger partial charge in [0.1, 0.15) is 16.9 Å². The maximum atomic E-state index is 10.8. The van der Waals surface area contributed by atoms with E-state index >= 15 is 0 Å². The van der Waals surface area contributed by atoms with E-state index in [0.29, 0.717) is 16.2 Å². The SMILES string of the molecule is O=[N+]([O-])c1ccc(Sc2ncnc3nc[nH]c23)cc1CO. The Balaban J connectivity index is 1.98. The quantitative estimate of drug-likeness (QED) is 0.429. The number of aliphatic hydroxyl groups is 1. The highest BCUT2D eigenvalue weighted by atomic mass is 32.2. The molecule has 2 aromatic heterocycles. The highest BCUT2D eigenvalue weighted by Crippen LogP contribution is 2.32. The lowest BCUT2D eigenvalue weighted by molar-refractivity contribution is -0.385. The summed E-state index contributed by atoms with van der Waals surface area (Å²) in [6, 6.07) is 4.57. The molecule has 0 bridgehead atoms. The summed E-state index contributed by atoms with van der Waals surface area (Å²) < 4.78 is 0. The van der Waals surface area contributed by atoms with Gasteiger partial charge in [-0.2, -0.15) is 0 Å². The number of nitro benzene ring substituents is 1. The van der Waals surface area contributed by atoms with Gasteiger partial charge in [-0.15, -0.1) is 0 Å². The number of fused-ring (bicyclic) bond motifs is 1. The van der Waals surface area contributed by atoms with Gasteiger partial charge in [0.05, 0.1) is 23.4 Å². The van der Waals surface area contributed by atoms with Gasteiger partial charge in [-0.25, -0.2) is 15.0 Å². The van der Waals surface area contributed by atoms with Crippen LogP contribution >= 0.6 is 11.8 Å². The van der Waals surface area contributed by atoms with Crippen LogP contribution in [0.5, 0.6) is 0 Å². The fourth-order valence-corrected chi connectivity index (χ4v) is 2.77. The molecular formula is C12H9N5O3S. The molecule has 0 saturated carbocycles. The summed E-state index contributed by atoms with van der Waals surface area (Å²) in [4.78, 5) is 26.2. The van der Waals surface area contributed by atoms with E-state index < -0.39 is 11.5 Å². The number of H-pyrrole nitrogens is 1. The number of hydrogen-bond donors (Lipinski definition) is 2. The Morgan fingerprint density at radius 1 is 1.33 bits per heavy atom. The van der Waals surface area contributed by atoms with Gasteiger partial charge in [-0.05, 0) is 12.1 Å². The Morgan fingerprint density at radius 2 is 2.19 bits per heavy atom. The Kier molecular flexibility index (Phi) is 3.50. The van der Waals surface area contributed by atoms with Gasteiger partial charge in [0, 0.05) is 11.0 Å². The molecule has 3 aromatic rings. The standard InChI is InChI=1S/C12H9N5O3S/c18-4-7-3-8(1-2-9(7)17(19)20)21-12-10-11(14-5-13-10)15-6-16-12/h1-3,5-6,18H,4H2,(H,13,14,15,16). The van der Waals surface area contributed by atoms with Crippen LogP contribution in [0.25, 0.3) is 11.2 Å². The van der Waals surface area contributed by atoms with Crippen molar-refractivity contribution in [2.24, 2.45) is 0 Å². The van der Waals surface area contributed by atoms with E-state index in [1.165, 1.54) is 30.5 Å². The largest absolute Gasteiger partial charge is 0.391 e. The molecule has 2 N–H and O–H groups in total. The first-order valence-electron chi connectivity index (χ1n) is 5.89. The second kappa shape index (κ2) is 5.46. The Bertz CT molecular complexity index is 820. The fraction of sp³-hybridized carbons (Fsp3) is 0.0833. The zero-order chi connectivity index (χ0) is 14.8. The summed E-state index contributed by atoms with van der Waals surface area (Å²) in [6.07, 6.45) is 2.93. The van der Waals surface area contributed by atoms with Gasteiger partial charge in [0.15, 0.2) is 5.65 Å². The summed E-state index contributed by atoms with van der Waals surface area (Å²) in [5, 5.41) is 20.7.